The molecule has 1 heterocycles. The van der Waals surface area contributed by atoms with E-state index in [2.05, 4.69) is 0 Å². The molecular formula is C11H20O7. The predicted octanol–water partition coefficient (Wildman–Crippen LogP) is -0.916. The first-order valence-electron chi connectivity index (χ1n) is 5.80. The number of aliphatic hydroxyl groups excluding tert-OH is 3. The Morgan fingerprint density at radius 1 is 1.28 bits per heavy atom. The molecule has 0 aliphatic carbocycles. The average molecular weight is 264 g/mol. The minimum atomic E-state index is -1.67. The van der Waals surface area contributed by atoms with Crippen LogP contribution in [0, 0.1) is 0 Å². The van der Waals surface area contributed by atoms with Crippen molar-refractivity contribution in [2.75, 3.05) is 0 Å². The Kier molecular flexibility index (Phi) is 4.68. The summed E-state index contributed by atoms with van der Waals surface area (Å²) in [5, 5.41) is 37.8. The van der Waals surface area contributed by atoms with Gasteiger partial charge in [0.1, 0.15) is 18.3 Å². The minimum Gasteiger partial charge on any atom is -0.479 e. The number of aliphatic hydroxyl groups is 3. The van der Waals surface area contributed by atoms with Crippen LogP contribution < -0.4 is 0 Å². The van der Waals surface area contributed by atoms with Crippen LogP contribution >= 0.6 is 0 Å². The Balaban J connectivity index is 2.81. The molecule has 1 fully saturated rings. The maximum absolute atomic E-state index is 10.8. The smallest absolute Gasteiger partial charge is 0.335 e. The van der Waals surface area contributed by atoms with Gasteiger partial charge in [0.05, 0.1) is 5.60 Å². The molecule has 1 rings (SSSR count). The van der Waals surface area contributed by atoms with E-state index in [4.69, 9.17) is 14.6 Å². The van der Waals surface area contributed by atoms with Crippen LogP contribution in [0.4, 0.5) is 0 Å². The molecule has 7 heteroatoms. The highest BCUT2D eigenvalue weighted by Gasteiger charge is 2.48. The lowest BCUT2D eigenvalue weighted by molar-refractivity contribution is -0.305. The van der Waals surface area contributed by atoms with Gasteiger partial charge in [0, 0.05) is 0 Å². The second kappa shape index (κ2) is 5.50. The second-order valence-electron chi connectivity index (χ2n) is 4.96. The molecule has 1 aliphatic rings. The monoisotopic (exact) mass is 264 g/mol. The number of carboxylic acids is 1. The van der Waals surface area contributed by atoms with E-state index >= 15 is 0 Å². The van der Waals surface area contributed by atoms with Crippen molar-refractivity contribution in [1.82, 2.24) is 0 Å². The Morgan fingerprint density at radius 3 is 2.28 bits per heavy atom. The van der Waals surface area contributed by atoms with Crippen LogP contribution in [0.3, 0.4) is 0 Å². The van der Waals surface area contributed by atoms with Crippen molar-refractivity contribution in [3.63, 3.8) is 0 Å². The zero-order valence-electron chi connectivity index (χ0n) is 10.6. The van der Waals surface area contributed by atoms with E-state index in [0.717, 1.165) is 0 Å². The highest BCUT2D eigenvalue weighted by molar-refractivity contribution is 5.73. The van der Waals surface area contributed by atoms with Gasteiger partial charge in [-0.2, -0.15) is 0 Å². The summed E-state index contributed by atoms with van der Waals surface area (Å²) >= 11 is 0. The molecule has 0 spiro atoms. The number of hydrogen-bond donors (Lipinski definition) is 4. The lowest BCUT2D eigenvalue weighted by atomic mass is 9.97. The minimum absolute atomic E-state index is 0.612. The van der Waals surface area contributed by atoms with Gasteiger partial charge in [-0.15, -0.1) is 0 Å². The molecule has 0 aromatic heterocycles. The van der Waals surface area contributed by atoms with Crippen molar-refractivity contribution >= 4 is 5.97 Å². The van der Waals surface area contributed by atoms with Gasteiger partial charge in [0.25, 0.3) is 0 Å². The molecule has 18 heavy (non-hydrogen) atoms. The fourth-order valence-electron chi connectivity index (χ4n) is 1.63. The SMILES string of the molecule is CCC(C)(C)O[C@@H]1[C@@H](O)[C@H](O)[C@@H](C(=O)O)O[C@H]1O. The summed E-state index contributed by atoms with van der Waals surface area (Å²) in [6, 6.07) is 0. The van der Waals surface area contributed by atoms with Crippen LogP contribution in [-0.2, 0) is 14.3 Å². The van der Waals surface area contributed by atoms with Crippen molar-refractivity contribution < 1.29 is 34.7 Å². The second-order valence-corrected chi connectivity index (χ2v) is 4.96. The van der Waals surface area contributed by atoms with Crippen LogP contribution in [0.5, 0.6) is 0 Å². The van der Waals surface area contributed by atoms with E-state index < -0.39 is 42.3 Å². The normalized spacial score (nSPS) is 37.6. The number of carboxylic acid groups (broad SMARTS) is 1. The largest absolute Gasteiger partial charge is 0.479 e. The van der Waals surface area contributed by atoms with Gasteiger partial charge in [-0.25, -0.2) is 4.79 Å². The number of ether oxygens (including phenoxy) is 2. The lowest BCUT2D eigenvalue weighted by Gasteiger charge is -2.42. The predicted molar refractivity (Wildman–Crippen MR) is 59.8 cm³/mol. The molecular weight excluding hydrogens is 244 g/mol. The summed E-state index contributed by atoms with van der Waals surface area (Å²) in [5.74, 6) is -1.45. The zero-order chi connectivity index (χ0) is 14.1. The third-order valence-electron chi connectivity index (χ3n) is 3.11. The highest BCUT2D eigenvalue weighted by atomic mass is 16.7. The van der Waals surface area contributed by atoms with E-state index in [-0.39, 0.29) is 0 Å². The Hall–Kier alpha value is -0.730. The topological polar surface area (TPSA) is 116 Å². The first-order chi connectivity index (χ1) is 8.19. The number of rotatable bonds is 4. The van der Waals surface area contributed by atoms with E-state index in [0.29, 0.717) is 6.42 Å². The molecule has 0 amide bonds. The lowest BCUT2D eigenvalue weighted by Crippen LogP contribution is -2.61. The fraction of sp³-hybridized carbons (Fsp3) is 0.909. The van der Waals surface area contributed by atoms with Crippen molar-refractivity contribution in [2.24, 2.45) is 0 Å². The van der Waals surface area contributed by atoms with Gasteiger partial charge < -0.3 is 29.9 Å². The van der Waals surface area contributed by atoms with Crippen LogP contribution in [0.25, 0.3) is 0 Å². The van der Waals surface area contributed by atoms with E-state index in [9.17, 15) is 20.1 Å². The first-order valence-corrected chi connectivity index (χ1v) is 5.80. The highest BCUT2D eigenvalue weighted by Crippen LogP contribution is 2.27. The number of carbonyl (C=O) groups is 1. The standard InChI is InChI=1S/C11H20O7/c1-4-11(2,3)18-8-6(13)5(12)7(9(14)15)17-10(8)16/h5-8,10,12-13,16H,4H2,1-3H3,(H,14,15)/t5-,6-,7-,8+,10+/m0/s1. The Labute approximate surface area is 105 Å². The average Bonchev–Trinajstić information content (AvgIpc) is 2.29. The van der Waals surface area contributed by atoms with Crippen molar-refractivity contribution in [3.05, 3.63) is 0 Å². The number of hydrogen-bond acceptors (Lipinski definition) is 6. The molecule has 5 atom stereocenters. The van der Waals surface area contributed by atoms with Crippen molar-refractivity contribution in [1.29, 1.82) is 0 Å². The molecule has 4 N–H and O–H groups in total. The van der Waals surface area contributed by atoms with Crippen LogP contribution in [-0.4, -0.2) is 62.7 Å². The quantitative estimate of drug-likeness (QED) is 0.519. The van der Waals surface area contributed by atoms with Gasteiger partial charge in [-0.1, -0.05) is 6.92 Å². The molecule has 0 radical (unpaired) electrons. The molecule has 1 saturated heterocycles. The van der Waals surface area contributed by atoms with Crippen LogP contribution in [0.15, 0.2) is 0 Å². The van der Waals surface area contributed by atoms with Crippen molar-refractivity contribution in [3.8, 4) is 0 Å². The van der Waals surface area contributed by atoms with E-state index in [1.807, 2.05) is 6.92 Å². The summed E-state index contributed by atoms with van der Waals surface area (Å²) < 4.78 is 10.2. The van der Waals surface area contributed by atoms with E-state index in [1.54, 1.807) is 13.8 Å². The maximum atomic E-state index is 10.8. The van der Waals surface area contributed by atoms with Gasteiger partial charge in [-0.05, 0) is 20.3 Å². The van der Waals surface area contributed by atoms with Crippen LogP contribution in [0.2, 0.25) is 0 Å². The zero-order valence-corrected chi connectivity index (χ0v) is 10.6. The number of aliphatic carboxylic acids is 1. The fourth-order valence-corrected chi connectivity index (χ4v) is 1.63. The van der Waals surface area contributed by atoms with Gasteiger partial charge in [-0.3, -0.25) is 0 Å². The molecule has 0 aromatic rings. The Bertz CT molecular complexity index is 304. The maximum Gasteiger partial charge on any atom is 0.335 e. The summed E-state index contributed by atoms with van der Waals surface area (Å²) in [4.78, 5) is 10.8. The molecule has 106 valence electrons. The Morgan fingerprint density at radius 2 is 1.83 bits per heavy atom. The summed E-state index contributed by atoms with van der Waals surface area (Å²) in [6.45, 7) is 5.36. The summed E-state index contributed by atoms with van der Waals surface area (Å²) in [7, 11) is 0. The molecule has 0 aromatic carbocycles. The van der Waals surface area contributed by atoms with Crippen molar-refractivity contribution in [2.45, 2.75) is 63.5 Å². The third-order valence-corrected chi connectivity index (χ3v) is 3.11. The van der Waals surface area contributed by atoms with Gasteiger partial charge in [0.15, 0.2) is 12.4 Å². The molecule has 7 nitrogen and oxygen atoms in total. The molecule has 0 unspecified atom stereocenters. The molecule has 0 bridgehead atoms. The third kappa shape index (κ3) is 3.18. The van der Waals surface area contributed by atoms with E-state index in [1.165, 1.54) is 0 Å². The van der Waals surface area contributed by atoms with Crippen LogP contribution in [0.1, 0.15) is 27.2 Å². The van der Waals surface area contributed by atoms with Gasteiger partial charge in [0.2, 0.25) is 0 Å². The summed E-state index contributed by atoms with van der Waals surface area (Å²) in [6.07, 6.45) is -7.02. The van der Waals surface area contributed by atoms with Gasteiger partial charge >= 0.3 is 5.97 Å². The summed E-state index contributed by atoms with van der Waals surface area (Å²) in [5.41, 5.74) is -0.633. The molecule has 0 saturated carbocycles. The molecule has 1 aliphatic heterocycles. The first kappa shape index (κ1) is 15.3.